The van der Waals surface area contributed by atoms with E-state index in [0.29, 0.717) is 25.2 Å². The third-order valence-corrected chi connectivity index (χ3v) is 6.72. The molecule has 1 saturated heterocycles. The van der Waals surface area contributed by atoms with Gasteiger partial charge in [0.15, 0.2) is 0 Å². The highest BCUT2D eigenvalue weighted by Gasteiger charge is 2.30. The molecule has 37 heavy (non-hydrogen) atoms. The number of benzene rings is 1. The summed E-state index contributed by atoms with van der Waals surface area (Å²) in [5, 5.41) is 3.19. The van der Waals surface area contributed by atoms with Crippen LogP contribution in [-0.2, 0) is 11.3 Å². The molecule has 3 aromatic heterocycles. The SMILES string of the molecule is O=C(Nc1c(Cl)cncc1Cl)c1cn(C2CCN(C(=O)OCc3ccccc3)C2)c2ncccc2c1=O. The van der Waals surface area contributed by atoms with Crippen LogP contribution in [0.2, 0.25) is 10.0 Å². The molecule has 1 unspecified atom stereocenters. The standard InChI is InChI=1S/C26H21Cl2N5O4/c27-20-11-29-12-21(28)22(20)31-25(35)19-14-33(24-18(23(19)34)7-4-9-30-24)17-8-10-32(13-17)26(36)37-15-16-5-2-1-3-6-16/h1-7,9,11-12,14,17H,8,10,13,15H2,(H,29,31,35). The Morgan fingerprint density at radius 3 is 2.59 bits per heavy atom. The molecule has 1 N–H and O–H groups in total. The average Bonchev–Trinajstić information content (AvgIpc) is 3.41. The second-order valence-corrected chi connectivity index (χ2v) is 9.33. The van der Waals surface area contributed by atoms with Gasteiger partial charge in [0.2, 0.25) is 5.43 Å². The van der Waals surface area contributed by atoms with E-state index in [0.717, 1.165) is 5.56 Å². The Morgan fingerprint density at radius 1 is 1.08 bits per heavy atom. The Bertz CT molecular complexity index is 1520. The van der Waals surface area contributed by atoms with Crippen molar-refractivity contribution in [1.82, 2.24) is 19.4 Å². The molecular formula is C26H21Cl2N5O4. The van der Waals surface area contributed by atoms with Gasteiger partial charge in [-0.1, -0.05) is 53.5 Å². The first-order valence-electron chi connectivity index (χ1n) is 11.5. The second-order valence-electron chi connectivity index (χ2n) is 8.51. The maximum absolute atomic E-state index is 13.2. The van der Waals surface area contributed by atoms with Crippen molar-refractivity contribution in [2.45, 2.75) is 19.1 Å². The number of amides is 2. The van der Waals surface area contributed by atoms with E-state index >= 15 is 0 Å². The molecule has 0 aliphatic carbocycles. The molecule has 0 radical (unpaired) electrons. The van der Waals surface area contributed by atoms with Crippen molar-refractivity contribution in [3.05, 3.63) is 98.6 Å². The number of ether oxygens (including phenoxy) is 1. The maximum Gasteiger partial charge on any atom is 0.410 e. The van der Waals surface area contributed by atoms with Gasteiger partial charge in [-0.25, -0.2) is 9.78 Å². The van der Waals surface area contributed by atoms with Crippen LogP contribution in [0.1, 0.15) is 28.4 Å². The normalized spacial score (nSPS) is 15.1. The molecule has 1 fully saturated rings. The highest BCUT2D eigenvalue weighted by Crippen LogP contribution is 2.30. The third-order valence-electron chi connectivity index (χ3n) is 6.15. The van der Waals surface area contributed by atoms with Crippen molar-refractivity contribution in [2.24, 2.45) is 0 Å². The molecule has 1 aromatic carbocycles. The number of halogens is 2. The van der Waals surface area contributed by atoms with Gasteiger partial charge in [0, 0.05) is 37.9 Å². The summed E-state index contributed by atoms with van der Waals surface area (Å²) in [7, 11) is 0. The van der Waals surface area contributed by atoms with E-state index in [1.807, 2.05) is 30.3 Å². The van der Waals surface area contributed by atoms with Crippen LogP contribution < -0.4 is 10.7 Å². The Kier molecular flexibility index (Phi) is 7.07. The third kappa shape index (κ3) is 5.14. The summed E-state index contributed by atoms with van der Waals surface area (Å²) in [4.78, 5) is 48.9. The van der Waals surface area contributed by atoms with Gasteiger partial charge < -0.3 is 19.5 Å². The summed E-state index contributed by atoms with van der Waals surface area (Å²) in [6.45, 7) is 0.974. The Labute approximate surface area is 221 Å². The smallest absolute Gasteiger partial charge is 0.410 e. The van der Waals surface area contributed by atoms with Gasteiger partial charge in [-0.15, -0.1) is 0 Å². The molecule has 5 rings (SSSR count). The quantitative estimate of drug-likeness (QED) is 0.386. The number of hydrogen-bond acceptors (Lipinski definition) is 6. The number of pyridine rings is 3. The van der Waals surface area contributed by atoms with Crippen LogP contribution in [0.4, 0.5) is 10.5 Å². The highest BCUT2D eigenvalue weighted by atomic mass is 35.5. The van der Waals surface area contributed by atoms with Crippen molar-refractivity contribution < 1.29 is 14.3 Å². The molecule has 0 spiro atoms. The Morgan fingerprint density at radius 2 is 1.84 bits per heavy atom. The molecule has 0 saturated carbocycles. The van der Waals surface area contributed by atoms with E-state index in [1.54, 1.807) is 27.8 Å². The molecule has 11 heteroatoms. The molecule has 1 aliphatic heterocycles. The lowest BCUT2D eigenvalue weighted by molar-refractivity contribution is 0.101. The first-order valence-corrected chi connectivity index (χ1v) is 12.2. The predicted molar refractivity (Wildman–Crippen MR) is 140 cm³/mol. The van der Waals surface area contributed by atoms with E-state index < -0.39 is 17.4 Å². The van der Waals surface area contributed by atoms with Gasteiger partial charge in [0.05, 0.1) is 27.2 Å². The fourth-order valence-corrected chi connectivity index (χ4v) is 4.74. The summed E-state index contributed by atoms with van der Waals surface area (Å²) in [5.74, 6) is -0.670. The molecule has 2 amide bonds. The zero-order valence-corrected chi connectivity index (χ0v) is 20.9. The van der Waals surface area contributed by atoms with Crippen molar-refractivity contribution in [2.75, 3.05) is 18.4 Å². The predicted octanol–water partition coefficient (Wildman–Crippen LogP) is 4.93. The molecule has 9 nitrogen and oxygen atoms in total. The zero-order chi connectivity index (χ0) is 25.9. The van der Waals surface area contributed by atoms with Crippen molar-refractivity contribution in [1.29, 1.82) is 0 Å². The van der Waals surface area contributed by atoms with E-state index in [2.05, 4.69) is 15.3 Å². The van der Waals surface area contributed by atoms with Crippen LogP contribution in [0.25, 0.3) is 11.0 Å². The Hall–Kier alpha value is -3.95. The minimum Gasteiger partial charge on any atom is -0.445 e. The number of likely N-dealkylation sites (tertiary alicyclic amines) is 1. The van der Waals surface area contributed by atoms with E-state index in [1.165, 1.54) is 18.6 Å². The maximum atomic E-state index is 13.2. The number of aromatic nitrogens is 3. The summed E-state index contributed by atoms with van der Waals surface area (Å²) in [5.41, 5.74) is 0.902. The second kappa shape index (κ2) is 10.6. The summed E-state index contributed by atoms with van der Waals surface area (Å²) in [6.07, 6.45) is 5.91. The van der Waals surface area contributed by atoms with Gasteiger partial charge in [0.25, 0.3) is 5.91 Å². The van der Waals surface area contributed by atoms with E-state index in [-0.39, 0.29) is 39.3 Å². The number of hydrogen-bond donors (Lipinski definition) is 1. The number of nitrogens with zero attached hydrogens (tertiary/aromatic N) is 4. The fraction of sp³-hybridized carbons (Fsp3) is 0.192. The number of rotatable bonds is 5. The molecule has 188 valence electrons. The minimum absolute atomic E-state index is 0.102. The molecule has 0 bridgehead atoms. The number of carbonyl (C=O) groups is 2. The van der Waals surface area contributed by atoms with Crippen LogP contribution in [0, 0.1) is 0 Å². The lowest BCUT2D eigenvalue weighted by atomic mass is 10.1. The number of nitrogens with one attached hydrogen (secondary N) is 1. The fourth-order valence-electron chi connectivity index (χ4n) is 4.28. The van der Waals surface area contributed by atoms with Gasteiger partial charge >= 0.3 is 6.09 Å². The molecule has 4 heterocycles. The first-order chi connectivity index (χ1) is 17.9. The van der Waals surface area contributed by atoms with Gasteiger partial charge in [0.1, 0.15) is 17.8 Å². The monoisotopic (exact) mass is 537 g/mol. The first kappa shape index (κ1) is 24.7. The van der Waals surface area contributed by atoms with E-state index in [9.17, 15) is 14.4 Å². The number of carbonyl (C=O) groups excluding carboxylic acids is 2. The van der Waals surface area contributed by atoms with Crippen molar-refractivity contribution >= 4 is 51.9 Å². The van der Waals surface area contributed by atoms with Crippen LogP contribution in [0.3, 0.4) is 0 Å². The number of fused-ring (bicyclic) bond motifs is 1. The number of anilines is 1. The van der Waals surface area contributed by atoms with Crippen molar-refractivity contribution in [3.8, 4) is 0 Å². The van der Waals surface area contributed by atoms with Crippen LogP contribution >= 0.6 is 23.2 Å². The van der Waals surface area contributed by atoms with Gasteiger partial charge in [-0.3, -0.25) is 14.6 Å². The molecule has 1 aliphatic rings. The lowest BCUT2D eigenvalue weighted by Crippen LogP contribution is -2.30. The summed E-state index contributed by atoms with van der Waals surface area (Å²) < 4.78 is 7.24. The average molecular weight is 538 g/mol. The topological polar surface area (TPSA) is 106 Å². The van der Waals surface area contributed by atoms with Crippen LogP contribution in [0.5, 0.6) is 0 Å². The highest BCUT2D eigenvalue weighted by molar-refractivity contribution is 6.39. The Balaban J connectivity index is 1.41. The van der Waals surface area contributed by atoms with Crippen LogP contribution in [0.15, 0.2) is 72.0 Å². The van der Waals surface area contributed by atoms with E-state index in [4.69, 9.17) is 27.9 Å². The van der Waals surface area contributed by atoms with Gasteiger partial charge in [-0.05, 0) is 24.1 Å². The minimum atomic E-state index is -0.670. The molecular weight excluding hydrogens is 517 g/mol. The molecule has 1 atom stereocenters. The zero-order valence-electron chi connectivity index (χ0n) is 19.4. The largest absolute Gasteiger partial charge is 0.445 e. The van der Waals surface area contributed by atoms with Gasteiger partial charge in [-0.2, -0.15) is 0 Å². The molecule has 4 aromatic rings. The summed E-state index contributed by atoms with van der Waals surface area (Å²) in [6, 6.07) is 12.5. The van der Waals surface area contributed by atoms with Crippen LogP contribution in [-0.4, -0.2) is 44.5 Å². The van der Waals surface area contributed by atoms with Crippen molar-refractivity contribution in [3.63, 3.8) is 0 Å². The summed E-state index contributed by atoms with van der Waals surface area (Å²) >= 11 is 12.3. The lowest BCUT2D eigenvalue weighted by Gasteiger charge is -2.20.